The molecule has 18 heavy (non-hydrogen) atoms. The van der Waals surface area contributed by atoms with E-state index in [-0.39, 0.29) is 11.6 Å². The van der Waals surface area contributed by atoms with Crippen LogP contribution in [0.4, 0.5) is 8.78 Å². The van der Waals surface area contributed by atoms with Gasteiger partial charge in [-0.25, -0.2) is 8.78 Å². The van der Waals surface area contributed by atoms with Crippen molar-refractivity contribution in [1.82, 2.24) is 0 Å². The van der Waals surface area contributed by atoms with Gasteiger partial charge in [0.25, 0.3) is 0 Å². The molecule has 0 saturated heterocycles. The molecule has 0 aliphatic rings. The van der Waals surface area contributed by atoms with E-state index in [2.05, 4.69) is 0 Å². The smallest absolute Gasteiger partial charge is 0.193 e. The van der Waals surface area contributed by atoms with E-state index in [9.17, 15) is 13.9 Å². The molecule has 0 amide bonds. The van der Waals surface area contributed by atoms with Crippen molar-refractivity contribution < 1.29 is 13.9 Å². The molecule has 0 radical (unpaired) electrons. The third-order valence-corrected chi connectivity index (χ3v) is 2.66. The van der Waals surface area contributed by atoms with Crippen LogP contribution in [0.1, 0.15) is 11.1 Å². The van der Waals surface area contributed by atoms with Gasteiger partial charge in [-0.1, -0.05) is 24.3 Å². The van der Waals surface area contributed by atoms with E-state index in [1.165, 1.54) is 48.5 Å². The first-order valence-corrected chi connectivity index (χ1v) is 5.56. The maximum atomic E-state index is 12.8. The highest BCUT2D eigenvalue weighted by Crippen LogP contribution is 2.27. The van der Waals surface area contributed by atoms with Gasteiger partial charge in [0, 0.05) is 5.57 Å². The van der Waals surface area contributed by atoms with E-state index >= 15 is 0 Å². The van der Waals surface area contributed by atoms with Crippen LogP contribution in [0.25, 0.3) is 5.57 Å². The van der Waals surface area contributed by atoms with Crippen LogP contribution in [0.2, 0.25) is 0 Å². The van der Waals surface area contributed by atoms with Gasteiger partial charge >= 0.3 is 0 Å². The SMILES string of the molecule is OC(Cl)=C(c1ccc(F)cc1)c1ccc(F)cc1. The van der Waals surface area contributed by atoms with Gasteiger partial charge in [0.2, 0.25) is 0 Å². The molecule has 1 N–H and O–H groups in total. The molecule has 0 spiro atoms. The second kappa shape index (κ2) is 5.19. The molecule has 0 atom stereocenters. The second-order valence-electron chi connectivity index (χ2n) is 3.68. The molecule has 2 aromatic rings. The monoisotopic (exact) mass is 266 g/mol. The minimum absolute atomic E-state index is 0.330. The van der Waals surface area contributed by atoms with Crippen LogP contribution in [-0.4, -0.2) is 5.11 Å². The fourth-order valence-corrected chi connectivity index (χ4v) is 1.86. The number of aliphatic hydroxyl groups excluding tert-OH is 1. The van der Waals surface area contributed by atoms with E-state index in [0.29, 0.717) is 16.7 Å². The van der Waals surface area contributed by atoms with Gasteiger partial charge in [-0.15, -0.1) is 0 Å². The van der Waals surface area contributed by atoms with Crippen LogP contribution < -0.4 is 0 Å². The van der Waals surface area contributed by atoms with E-state index in [1.54, 1.807) is 0 Å². The summed E-state index contributed by atoms with van der Waals surface area (Å²) in [6.45, 7) is 0. The fraction of sp³-hybridized carbons (Fsp3) is 0. The number of benzene rings is 2. The summed E-state index contributed by atoms with van der Waals surface area (Å²) in [7, 11) is 0. The third kappa shape index (κ3) is 2.68. The second-order valence-corrected chi connectivity index (χ2v) is 4.04. The summed E-state index contributed by atoms with van der Waals surface area (Å²) in [5, 5.41) is 9.09. The summed E-state index contributed by atoms with van der Waals surface area (Å²) in [5.74, 6) is -0.766. The van der Waals surface area contributed by atoms with Gasteiger partial charge in [-0.05, 0) is 47.0 Å². The van der Waals surface area contributed by atoms with Crippen molar-refractivity contribution in [2.75, 3.05) is 0 Å². The average Bonchev–Trinajstić information content (AvgIpc) is 2.34. The molecule has 1 nitrogen and oxygen atoms in total. The van der Waals surface area contributed by atoms with Crippen LogP contribution in [0.5, 0.6) is 0 Å². The summed E-state index contributed by atoms with van der Waals surface area (Å²) < 4.78 is 25.7. The lowest BCUT2D eigenvalue weighted by Gasteiger charge is -2.08. The zero-order chi connectivity index (χ0) is 13.1. The molecule has 0 aromatic heterocycles. The lowest BCUT2D eigenvalue weighted by Crippen LogP contribution is -1.91. The highest BCUT2D eigenvalue weighted by molar-refractivity contribution is 6.31. The van der Waals surface area contributed by atoms with Gasteiger partial charge in [0.1, 0.15) is 11.6 Å². The maximum absolute atomic E-state index is 12.8. The Bertz CT molecular complexity index is 522. The van der Waals surface area contributed by atoms with E-state index in [1.807, 2.05) is 0 Å². The van der Waals surface area contributed by atoms with Crippen molar-refractivity contribution in [3.63, 3.8) is 0 Å². The van der Waals surface area contributed by atoms with E-state index in [4.69, 9.17) is 11.6 Å². The molecule has 0 unspecified atom stereocenters. The van der Waals surface area contributed by atoms with Crippen LogP contribution in [0.3, 0.4) is 0 Å². The molecule has 92 valence electrons. The van der Waals surface area contributed by atoms with Gasteiger partial charge in [0.15, 0.2) is 5.22 Å². The zero-order valence-corrected chi connectivity index (χ0v) is 9.96. The zero-order valence-electron chi connectivity index (χ0n) is 9.20. The Morgan fingerprint density at radius 3 is 1.39 bits per heavy atom. The molecule has 0 aliphatic carbocycles. The summed E-state index contributed by atoms with van der Waals surface area (Å²) in [5.41, 5.74) is 1.43. The minimum Gasteiger partial charge on any atom is -0.498 e. The summed E-state index contributed by atoms with van der Waals surface area (Å²) in [6.07, 6.45) is 0. The van der Waals surface area contributed by atoms with Crippen LogP contribution >= 0.6 is 11.6 Å². The first-order chi connectivity index (χ1) is 8.58. The van der Waals surface area contributed by atoms with Gasteiger partial charge < -0.3 is 5.11 Å². The minimum atomic E-state index is -0.423. The standard InChI is InChI=1S/C14H9ClF2O/c15-14(18)13(9-1-5-11(16)6-2-9)10-3-7-12(17)8-4-10/h1-8,18H. The normalized spacial score (nSPS) is 10.2. The largest absolute Gasteiger partial charge is 0.498 e. The molecule has 4 heteroatoms. The molecule has 2 rings (SSSR count). The first kappa shape index (κ1) is 12.6. The predicted octanol–water partition coefficient (Wildman–Crippen LogP) is 4.48. The molecule has 0 aliphatic heterocycles. The number of halogens is 3. The lowest BCUT2D eigenvalue weighted by atomic mass is 9.99. The Morgan fingerprint density at radius 2 is 1.11 bits per heavy atom. The van der Waals surface area contributed by atoms with Crippen molar-refractivity contribution in [3.8, 4) is 0 Å². The molecular formula is C14H9ClF2O. The molecule has 0 heterocycles. The maximum Gasteiger partial charge on any atom is 0.193 e. The molecule has 2 aromatic carbocycles. The average molecular weight is 267 g/mol. The molecular weight excluding hydrogens is 258 g/mol. The number of hydrogen-bond donors (Lipinski definition) is 1. The number of aliphatic hydroxyl groups is 1. The van der Waals surface area contributed by atoms with E-state index < -0.39 is 5.22 Å². The molecule has 0 bridgehead atoms. The Labute approximate surface area is 108 Å². The summed E-state index contributed by atoms with van der Waals surface area (Å²) >= 11 is 5.64. The third-order valence-electron chi connectivity index (χ3n) is 2.47. The van der Waals surface area contributed by atoms with Gasteiger partial charge in [-0.3, -0.25) is 0 Å². The fourth-order valence-electron chi connectivity index (χ4n) is 1.64. The van der Waals surface area contributed by atoms with Crippen molar-refractivity contribution in [2.24, 2.45) is 0 Å². The van der Waals surface area contributed by atoms with Gasteiger partial charge in [-0.2, -0.15) is 0 Å². The number of hydrogen-bond acceptors (Lipinski definition) is 1. The van der Waals surface area contributed by atoms with Crippen LogP contribution in [0.15, 0.2) is 53.7 Å². The quantitative estimate of drug-likeness (QED) is 0.795. The summed E-state index contributed by atoms with van der Waals surface area (Å²) in [6, 6.07) is 11.0. The molecule has 0 fully saturated rings. The van der Waals surface area contributed by atoms with Crippen LogP contribution in [0, 0.1) is 11.6 Å². The Kier molecular flexibility index (Phi) is 3.63. The highest BCUT2D eigenvalue weighted by Gasteiger charge is 2.10. The van der Waals surface area contributed by atoms with Crippen molar-refractivity contribution >= 4 is 17.2 Å². The summed E-state index contributed by atoms with van der Waals surface area (Å²) in [4.78, 5) is 0. The van der Waals surface area contributed by atoms with Crippen molar-refractivity contribution in [2.45, 2.75) is 0 Å². The predicted molar refractivity (Wildman–Crippen MR) is 67.3 cm³/mol. The van der Waals surface area contributed by atoms with Gasteiger partial charge in [0.05, 0.1) is 0 Å². The lowest BCUT2D eigenvalue weighted by molar-refractivity contribution is 0.455. The topological polar surface area (TPSA) is 20.2 Å². The van der Waals surface area contributed by atoms with E-state index in [0.717, 1.165) is 0 Å². The Hall–Kier alpha value is -1.87. The first-order valence-electron chi connectivity index (χ1n) is 5.18. The highest BCUT2D eigenvalue weighted by atomic mass is 35.5. The molecule has 0 saturated carbocycles. The van der Waals surface area contributed by atoms with Crippen molar-refractivity contribution in [1.29, 1.82) is 0 Å². The Balaban J connectivity index is 2.51. The van der Waals surface area contributed by atoms with Crippen molar-refractivity contribution in [3.05, 3.63) is 76.5 Å². The Morgan fingerprint density at radius 1 is 0.778 bits per heavy atom. The number of rotatable bonds is 2. The van der Waals surface area contributed by atoms with Crippen LogP contribution in [-0.2, 0) is 0 Å².